The number of aryl methyl sites for hydroxylation is 2. The van der Waals surface area contributed by atoms with E-state index in [4.69, 9.17) is 15.6 Å². The number of nitrogens with two attached hydrogens (primary N) is 1. The van der Waals surface area contributed by atoms with E-state index in [1.54, 1.807) is 6.92 Å². The molecule has 0 radical (unpaired) electrons. The smallest absolute Gasteiger partial charge is 0.325 e. The van der Waals surface area contributed by atoms with Gasteiger partial charge >= 0.3 is 11.9 Å². The van der Waals surface area contributed by atoms with Crippen LogP contribution >= 0.6 is 0 Å². The van der Waals surface area contributed by atoms with Crippen molar-refractivity contribution < 1.29 is 19.4 Å². The molecule has 0 aliphatic heterocycles. The number of carbonyl (C=O) groups excluding carboxylic acids is 1. The van der Waals surface area contributed by atoms with Crippen LogP contribution < -0.4 is 11.1 Å². The average molecular weight is 379 g/mol. The van der Waals surface area contributed by atoms with Gasteiger partial charge in [-0.3, -0.25) is 9.59 Å². The minimum absolute atomic E-state index is 0.00667. The zero-order valence-corrected chi connectivity index (χ0v) is 16.8. The zero-order valence-electron chi connectivity index (χ0n) is 16.8. The van der Waals surface area contributed by atoms with Gasteiger partial charge in [-0.15, -0.1) is 0 Å². The number of carboxylic acids is 1. The van der Waals surface area contributed by atoms with Gasteiger partial charge in [0.05, 0.1) is 13.2 Å². The predicted molar refractivity (Wildman–Crippen MR) is 108 cm³/mol. The second-order valence-corrected chi connectivity index (χ2v) is 7.06. The van der Waals surface area contributed by atoms with E-state index in [-0.39, 0.29) is 12.5 Å². The van der Waals surface area contributed by atoms with Gasteiger partial charge in [-0.25, -0.2) is 0 Å². The normalized spacial score (nSPS) is 15.3. The van der Waals surface area contributed by atoms with Crippen molar-refractivity contribution in [1.29, 1.82) is 0 Å². The molecule has 0 unspecified atom stereocenters. The van der Waals surface area contributed by atoms with Crippen molar-refractivity contribution in [2.45, 2.75) is 65.3 Å². The van der Waals surface area contributed by atoms with Gasteiger partial charge in [-0.2, -0.15) is 0 Å². The monoisotopic (exact) mass is 378 g/mol. The highest BCUT2D eigenvalue weighted by Gasteiger charge is 2.15. The number of ether oxygens (including phenoxy) is 1. The average Bonchev–Trinajstić information content (AvgIpc) is 2.68. The molecule has 0 heterocycles. The minimum atomic E-state index is -0.833. The summed E-state index contributed by atoms with van der Waals surface area (Å²) in [4.78, 5) is 21.5. The number of carboxylic acid groups (broad SMARTS) is 1. The number of hydrogen-bond acceptors (Lipinski definition) is 5. The molecule has 2 rings (SSSR count). The fourth-order valence-corrected chi connectivity index (χ4v) is 3.13. The lowest BCUT2D eigenvalue weighted by Crippen LogP contribution is -2.26. The number of aliphatic carboxylic acids is 1. The van der Waals surface area contributed by atoms with Gasteiger partial charge in [0.15, 0.2) is 0 Å². The molecule has 0 spiro atoms. The fraction of sp³-hybridized carbons (Fsp3) is 0.619. The lowest BCUT2D eigenvalue weighted by molar-refractivity contribution is -0.143. The maximum Gasteiger partial charge on any atom is 0.325 e. The van der Waals surface area contributed by atoms with Crippen molar-refractivity contribution in [2.75, 3.05) is 18.5 Å². The number of esters is 1. The Balaban J connectivity index is 0.000000277. The van der Waals surface area contributed by atoms with E-state index in [1.165, 1.54) is 32.1 Å². The van der Waals surface area contributed by atoms with Gasteiger partial charge in [0.25, 0.3) is 0 Å². The summed E-state index contributed by atoms with van der Waals surface area (Å²) >= 11 is 0. The largest absolute Gasteiger partial charge is 0.480 e. The summed E-state index contributed by atoms with van der Waals surface area (Å²) < 4.78 is 4.97. The maximum atomic E-state index is 10.8. The van der Waals surface area contributed by atoms with Crippen LogP contribution in [0, 0.1) is 12.8 Å². The first-order valence-corrected chi connectivity index (χ1v) is 9.82. The van der Waals surface area contributed by atoms with Crippen LogP contribution in [0.3, 0.4) is 0 Å². The molecule has 4 N–H and O–H groups in total. The molecule has 1 aliphatic carbocycles. The molecule has 0 saturated heterocycles. The third-order valence-corrected chi connectivity index (χ3v) is 4.84. The molecule has 1 aromatic carbocycles. The van der Waals surface area contributed by atoms with E-state index in [0.29, 0.717) is 12.5 Å². The predicted octanol–water partition coefficient (Wildman–Crippen LogP) is 3.51. The van der Waals surface area contributed by atoms with E-state index in [9.17, 15) is 9.59 Å². The molecule has 1 atom stereocenters. The number of carbonyl (C=O) groups is 2. The van der Waals surface area contributed by atoms with Gasteiger partial charge in [0, 0.05) is 5.69 Å². The Hall–Kier alpha value is -2.08. The van der Waals surface area contributed by atoms with Crippen molar-refractivity contribution in [1.82, 2.24) is 0 Å². The summed E-state index contributed by atoms with van der Waals surface area (Å²) in [5.74, 6) is -0.518. The second kappa shape index (κ2) is 12.3. The highest BCUT2D eigenvalue weighted by molar-refractivity contribution is 5.77. The number of hydrogen-bond donors (Lipinski definition) is 3. The Kier molecular flexibility index (Phi) is 10.5. The lowest BCUT2D eigenvalue weighted by atomic mass is 9.90. The first kappa shape index (κ1) is 23.0. The molecule has 1 aromatic rings. The number of para-hydroxylation sites is 1. The van der Waals surface area contributed by atoms with Gasteiger partial charge < -0.3 is 20.9 Å². The summed E-state index contributed by atoms with van der Waals surface area (Å²) in [6.45, 7) is 6.28. The van der Waals surface area contributed by atoms with E-state index in [0.717, 1.165) is 23.2 Å². The number of anilines is 1. The molecule has 1 saturated carbocycles. The second-order valence-electron chi connectivity index (χ2n) is 7.06. The topological polar surface area (TPSA) is 102 Å². The lowest BCUT2D eigenvalue weighted by Gasteiger charge is -2.20. The Morgan fingerprint density at radius 1 is 1.30 bits per heavy atom. The summed E-state index contributed by atoms with van der Waals surface area (Å²) in [5, 5.41) is 11.9. The minimum Gasteiger partial charge on any atom is -0.480 e. The Bertz CT molecular complexity index is 598. The molecule has 6 heteroatoms. The van der Waals surface area contributed by atoms with Crippen LogP contribution in [-0.4, -0.2) is 36.2 Å². The highest BCUT2D eigenvalue weighted by Crippen LogP contribution is 2.23. The van der Waals surface area contributed by atoms with Crippen LogP contribution in [0.2, 0.25) is 0 Å². The van der Waals surface area contributed by atoms with E-state index < -0.39 is 12.0 Å². The molecular formula is C21H34N2O4. The first-order valence-electron chi connectivity index (χ1n) is 9.82. The van der Waals surface area contributed by atoms with Gasteiger partial charge in [-0.1, -0.05) is 44.4 Å². The van der Waals surface area contributed by atoms with E-state index >= 15 is 0 Å². The summed E-state index contributed by atoms with van der Waals surface area (Å²) in [6, 6.07) is 5.43. The van der Waals surface area contributed by atoms with Crippen LogP contribution in [-0.2, 0) is 20.7 Å². The van der Waals surface area contributed by atoms with Crippen LogP contribution in [0.4, 0.5) is 5.69 Å². The summed E-state index contributed by atoms with van der Waals surface area (Å²) in [6.07, 6.45) is 7.21. The quantitative estimate of drug-likeness (QED) is 0.628. The molecule has 152 valence electrons. The SMILES string of the molecule is CCc1cccc(C)c1N[C@@H](C)C(=O)O.NCC(=O)OCC1CCCCC1. The summed E-state index contributed by atoms with van der Waals surface area (Å²) in [5.41, 5.74) is 8.31. The van der Waals surface area contributed by atoms with Crippen molar-refractivity contribution >= 4 is 17.6 Å². The molecule has 1 fully saturated rings. The molecular weight excluding hydrogens is 344 g/mol. The molecule has 1 aliphatic rings. The van der Waals surface area contributed by atoms with Gasteiger partial charge in [-0.05, 0) is 50.2 Å². The van der Waals surface area contributed by atoms with Crippen LogP contribution in [0.1, 0.15) is 57.1 Å². The van der Waals surface area contributed by atoms with Crippen molar-refractivity contribution in [3.05, 3.63) is 29.3 Å². The third-order valence-electron chi connectivity index (χ3n) is 4.84. The highest BCUT2D eigenvalue weighted by atomic mass is 16.5. The Labute approximate surface area is 162 Å². The fourth-order valence-electron chi connectivity index (χ4n) is 3.13. The summed E-state index contributed by atoms with van der Waals surface area (Å²) in [7, 11) is 0. The molecule has 0 amide bonds. The van der Waals surface area contributed by atoms with Gasteiger partial charge in [0.1, 0.15) is 6.04 Å². The number of rotatable bonds is 7. The molecule has 0 aromatic heterocycles. The van der Waals surface area contributed by atoms with Crippen molar-refractivity contribution in [2.24, 2.45) is 11.7 Å². The number of nitrogens with one attached hydrogen (secondary N) is 1. The molecule has 27 heavy (non-hydrogen) atoms. The third kappa shape index (κ3) is 8.43. The van der Waals surface area contributed by atoms with E-state index in [1.807, 2.05) is 25.1 Å². The standard InChI is InChI=1S/C12H17NO2.C9H17NO2/c1-4-10-7-5-6-8(2)11(10)13-9(3)12(14)15;10-6-9(11)12-7-8-4-2-1-3-5-8/h5-7,9,13H,4H2,1-3H3,(H,14,15);8H,1-7,10H2/t9-;/m0./s1. The van der Waals surface area contributed by atoms with Gasteiger partial charge in [0.2, 0.25) is 0 Å². The van der Waals surface area contributed by atoms with Crippen molar-refractivity contribution in [3.8, 4) is 0 Å². The molecule has 0 bridgehead atoms. The zero-order chi connectivity index (χ0) is 20.2. The molecule has 6 nitrogen and oxygen atoms in total. The van der Waals surface area contributed by atoms with Crippen molar-refractivity contribution in [3.63, 3.8) is 0 Å². The van der Waals surface area contributed by atoms with Crippen LogP contribution in [0.15, 0.2) is 18.2 Å². The maximum absolute atomic E-state index is 10.8. The van der Waals surface area contributed by atoms with E-state index in [2.05, 4.69) is 12.2 Å². The Morgan fingerprint density at radius 2 is 1.96 bits per heavy atom. The first-order chi connectivity index (χ1) is 12.9. The Morgan fingerprint density at radius 3 is 2.52 bits per heavy atom. The number of benzene rings is 1. The van der Waals surface area contributed by atoms with Crippen LogP contribution in [0.25, 0.3) is 0 Å². The van der Waals surface area contributed by atoms with Crippen LogP contribution in [0.5, 0.6) is 0 Å².